The predicted octanol–water partition coefficient (Wildman–Crippen LogP) is 2.20. The van der Waals surface area contributed by atoms with Gasteiger partial charge < -0.3 is 0 Å². The van der Waals surface area contributed by atoms with Crippen LogP contribution in [0.4, 0.5) is 0 Å². The predicted molar refractivity (Wildman–Crippen MR) is 36.3 cm³/mol. The van der Waals surface area contributed by atoms with Crippen molar-refractivity contribution < 1.29 is 0 Å². The first kappa shape index (κ1) is 5.61. The summed E-state index contributed by atoms with van der Waals surface area (Å²) in [7, 11) is 0. The Morgan fingerprint density at radius 1 is 1.38 bits per heavy atom. The van der Waals surface area contributed by atoms with Gasteiger partial charge in [-0.3, -0.25) is 0 Å². The highest BCUT2D eigenvalue weighted by atomic mass is 14.1. The van der Waals surface area contributed by atoms with Crippen molar-refractivity contribution in [3.63, 3.8) is 0 Å². The van der Waals surface area contributed by atoms with Crippen LogP contribution in [-0.4, -0.2) is 0 Å². The van der Waals surface area contributed by atoms with E-state index in [0.29, 0.717) is 11.8 Å². The molecule has 1 aliphatic rings. The maximum absolute atomic E-state index is 3.92. The van der Waals surface area contributed by atoms with Gasteiger partial charge in [-0.25, -0.2) is 0 Å². The maximum atomic E-state index is 3.92. The van der Waals surface area contributed by atoms with E-state index >= 15 is 0 Å². The first-order valence-corrected chi connectivity index (χ1v) is 2.99. The van der Waals surface area contributed by atoms with Gasteiger partial charge in [0.2, 0.25) is 0 Å². The van der Waals surface area contributed by atoms with E-state index in [1.807, 2.05) is 0 Å². The van der Waals surface area contributed by atoms with Crippen LogP contribution in [0.3, 0.4) is 0 Å². The second-order valence-corrected chi connectivity index (χ2v) is 2.32. The Kier molecular flexibility index (Phi) is 1.52. The highest BCUT2D eigenvalue weighted by Crippen LogP contribution is 2.17. The second-order valence-electron chi connectivity index (χ2n) is 2.32. The lowest BCUT2D eigenvalue weighted by atomic mass is 9.98. The van der Waals surface area contributed by atoms with Crippen molar-refractivity contribution in [2.24, 2.45) is 11.8 Å². The summed E-state index contributed by atoms with van der Waals surface area (Å²) in [5.74, 6) is 1.11. The highest BCUT2D eigenvalue weighted by molar-refractivity contribution is 5.18. The van der Waals surface area contributed by atoms with E-state index in [1.165, 1.54) is 0 Å². The summed E-state index contributed by atoms with van der Waals surface area (Å²) in [6.07, 6.45) is 8.51. The molecular weight excluding hydrogens is 96.1 g/mol. The highest BCUT2D eigenvalue weighted by Gasteiger charge is 2.06. The SMILES string of the molecule is [CH2]C(C)C1C=CC=C1. The molecule has 1 rings (SSSR count). The Balaban J connectivity index is 2.49. The molecule has 8 heavy (non-hydrogen) atoms. The lowest BCUT2D eigenvalue weighted by Crippen LogP contribution is -1.98. The Bertz CT molecular complexity index is 106. The number of rotatable bonds is 1. The summed E-state index contributed by atoms with van der Waals surface area (Å²) in [4.78, 5) is 0. The average Bonchev–Trinajstić information content (AvgIpc) is 2.12. The zero-order valence-corrected chi connectivity index (χ0v) is 5.17. The normalized spacial score (nSPS) is 18.9. The monoisotopic (exact) mass is 107 g/mol. The molecule has 0 bridgehead atoms. The molecule has 0 aromatic carbocycles. The minimum absolute atomic E-state index is 0.519. The fourth-order valence-electron chi connectivity index (χ4n) is 0.828. The molecule has 0 spiro atoms. The van der Waals surface area contributed by atoms with Crippen LogP contribution in [0.2, 0.25) is 0 Å². The van der Waals surface area contributed by atoms with Crippen LogP contribution in [0.5, 0.6) is 0 Å². The first-order valence-electron chi connectivity index (χ1n) is 2.99. The molecule has 1 atom stereocenters. The second kappa shape index (κ2) is 2.17. The molecule has 1 unspecified atom stereocenters. The van der Waals surface area contributed by atoms with Crippen LogP contribution in [-0.2, 0) is 0 Å². The van der Waals surface area contributed by atoms with Gasteiger partial charge in [0, 0.05) is 0 Å². The fraction of sp³-hybridized carbons (Fsp3) is 0.375. The smallest absolute Gasteiger partial charge is 0.00216 e. The zero-order chi connectivity index (χ0) is 5.98. The third kappa shape index (κ3) is 1.00. The number of allylic oxidation sites excluding steroid dienone is 4. The van der Waals surface area contributed by atoms with E-state index in [-0.39, 0.29) is 0 Å². The largest absolute Gasteiger partial charge is 0.0774 e. The van der Waals surface area contributed by atoms with E-state index in [1.54, 1.807) is 0 Å². The summed E-state index contributed by atoms with van der Waals surface area (Å²) in [6.45, 7) is 6.05. The molecule has 0 fully saturated rings. The van der Waals surface area contributed by atoms with Crippen molar-refractivity contribution >= 4 is 0 Å². The number of hydrogen-bond donors (Lipinski definition) is 0. The molecule has 0 aromatic heterocycles. The molecule has 1 aliphatic carbocycles. The van der Waals surface area contributed by atoms with Crippen LogP contribution < -0.4 is 0 Å². The van der Waals surface area contributed by atoms with Crippen molar-refractivity contribution in [1.82, 2.24) is 0 Å². The Morgan fingerprint density at radius 3 is 2.12 bits per heavy atom. The summed E-state index contributed by atoms with van der Waals surface area (Å²) < 4.78 is 0. The summed E-state index contributed by atoms with van der Waals surface area (Å²) in [5.41, 5.74) is 0. The molecule has 0 saturated carbocycles. The maximum Gasteiger partial charge on any atom is -0.00216 e. The molecule has 0 nitrogen and oxygen atoms in total. The van der Waals surface area contributed by atoms with Crippen molar-refractivity contribution in [3.8, 4) is 0 Å². The Morgan fingerprint density at radius 2 is 1.88 bits per heavy atom. The van der Waals surface area contributed by atoms with Gasteiger partial charge in [-0.15, -0.1) is 0 Å². The first-order chi connectivity index (χ1) is 3.80. The zero-order valence-electron chi connectivity index (χ0n) is 5.17. The topological polar surface area (TPSA) is 0 Å². The average molecular weight is 107 g/mol. The van der Waals surface area contributed by atoms with E-state index in [4.69, 9.17) is 0 Å². The van der Waals surface area contributed by atoms with Gasteiger partial charge in [0.15, 0.2) is 0 Å². The Labute approximate surface area is 50.9 Å². The van der Waals surface area contributed by atoms with Gasteiger partial charge in [-0.2, -0.15) is 0 Å². The Hall–Kier alpha value is -0.520. The van der Waals surface area contributed by atoms with Gasteiger partial charge in [0.25, 0.3) is 0 Å². The molecule has 0 amide bonds. The van der Waals surface area contributed by atoms with Crippen LogP contribution in [0.15, 0.2) is 24.3 Å². The van der Waals surface area contributed by atoms with E-state index in [9.17, 15) is 0 Å². The van der Waals surface area contributed by atoms with Gasteiger partial charge in [0.05, 0.1) is 0 Å². The molecular formula is C8H11. The van der Waals surface area contributed by atoms with Gasteiger partial charge in [-0.05, 0) is 18.8 Å². The minimum atomic E-state index is 0.519. The fourth-order valence-corrected chi connectivity index (χ4v) is 0.828. The molecule has 0 N–H and O–H groups in total. The molecule has 43 valence electrons. The molecule has 0 heteroatoms. The summed E-state index contributed by atoms with van der Waals surface area (Å²) in [5, 5.41) is 0. The molecule has 0 heterocycles. The molecule has 0 aromatic rings. The third-order valence-corrected chi connectivity index (χ3v) is 1.43. The quantitative estimate of drug-likeness (QED) is 0.482. The van der Waals surface area contributed by atoms with E-state index < -0.39 is 0 Å². The van der Waals surface area contributed by atoms with E-state index in [2.05, 4.69) is 38.2 Å². The van der Waals surface area contributed by atoms with Crippen molar-refractivity contribution in [2.75, 3.05) is 0 Å². The van der Waals surface area contributed by atoms with Gasteiger partial charge >= 0.3 is 0 Å². The van der Waals surface area contributed by atoms with Gasteiger partial charge in [0.1, 0.15) is 0 Å². The number of hydrogen-bond acceptors (Lipinski definition) is 0. The standard InChI is InChI=1S/C8H11/c1-7(2)8-5-3-4-6-8/h3-8H,1H2,2H3. The third-order valence-electron chi connectivity index (χ3n) is 1.43. The van der Waals surface area contributed by atoms with Crippen LogP contribution in [0, 0.1) is 18.8 Å². The van der Waals surface area contributed by atoms with Crippen LogP contribution in [0.1, 0.15) is 6.92 Å². The summed E-state index contributed by atoms with van der Waals surface area (Å²) >= 11 is 0. The van der Waals surface area contributed by atoms with Crippen LogP contribution in [0.25, 0.3) is 0 Å². The van der Waals surface area contributed by atoms with Crippen molar-refractivity contribution in [3.05, 3.63) is 31.2 Å². The molecule has 1 radical (unpaired) electrons. The molecule has 0 saturated heterocycles. The summed E-state index contributed by atoms with van der Waals surface area (Å²) in [6, 6.07) is 0. The lowest BCUT2D eigenvalue weighted by Gasteiger charge is -2.06. The molecule has 0 aliphatic heterocycles. The minimum Gasteiger partial charge on any atom is -0.0774 e. The van der Waals surface area contributed by atoms with Crippen LogP contribution >= 0.6 is 0 Å². The van der Waals surface area contributed by atoms with E-state index in [0.717, 1.165) is 0 Å². The van der Waals surface area contributed by atoms with Crippen molar-refractivity contribution in [1.29, 1.82) is 0 Å². The van der Waals surface area contributed by atoms with Gasteiger partial charge in [-0.1, -0.05) is 31.2 Å². The lowest BCUT2D eigenvalue weighted by molar-refractivity contribution is 0.614. The van der Waals surface area contributed by atoms with Crippen molar-refractivity contribution in [2.45, 2.75) is 6.92 Å².